The minimum Gasteiger partial charge on any atom is -0.205 e. The lowest BCUT2D eigenvalue weighted by Gasteiger charge is -2.07. The van der Waals surface area contributed by atoms with E-state index >= 15 is 0 Å². The maximum absolute atomic E-state index is 13.7. The van der Waals surface area contributed by atoms with Gasteiger partial charge in [-0.3, -0.25) is 0 Å². The lowest BCUT2D eigenvalue weighted by atomic mass is 9.96. The van der Waals surface area contributed by atoms with Crippen LogP contribution in [0.15, 0.2) is 12.1 Å². The van der Waals surface area contributed by atoms with Crippen LogP contribution < -0.4 is 0 Å². The maximum atomic E-state index is 13.7. The van der Waals surface area contributed by atoms with Gasteiger partial charge in [-0.25, -0.2) is 4.39 Å². The number of fused-ring (bicyclic) bond motifs is 1. The molecule has 0 atom stereocenters. The first-order chi connectivity index (χ1) is 7.56. The van der Waals surface area contributed by atoms with Gasteiger partial charge in [0.05, 0.1) is 10.3 Å². The molecule has 1 nitrogen and oxygen atoms in total. The van der Waals surface area contributed by atoms with E-state index in [1.807, 2.05) is 6.92 Å². The van der Waals surface area contributed by atoms with Gasteiger partial charge in [-0.2, -0.15) is 5.26 Å². The van der Waals surface area contributed by atoms with Crippen molar-refractivity contribution < 1.29 is 4.39 Å². The zero-order valence-corrected chi connectivity index (χ0v) is 10.3. The largest absolute Gasteiger partial charge is 0.205 e. The molecule has 0 aliphatic heterocycles. The fourth-order valence-corrected chi connectivity index (χ4v) is 2.97. The Morgan fingerprint density at radius 3 is 2.62 bits per heavy atom. The highest BCUT2D eigenvalue weighted by Gasteiger charge is 2.17. The van der Waals surface area contributed by atoms with Gasteiger partial charge in [0.2, 0.25) is 0 Å². The van der Waals surface area contributed by atoms with Gasteiger partial charge in [0.25, 0.3) is 0 Å². The summed E-state index contributed by atoms with van der Waals surface area (Å²) in [4.78, 5) is 0.893. The van der Waals surface area contributed by atoms with Crippen LogP contribution in [0.5, 0.6) is 0 Å². The third kappa shape index (κ3) is 1.50. The van der Waals surface area contributed by atoms with Gasteiger partial charge < -0.3 is 0 Å². The topological polar surface area (TPSA) is 23.8 Å². The van der Waals surface area contributed by atoms with Crippen LogP contribution in [0, 0.1) is 24.1 Å². The Morgan fingerprint density at radius 1 is 1.38 bits per heavy atom. The molecule has 0 aliphatic carbocycles. The molecule has 0 radical (unpaired) electrons. The summed E-state index contributed by atoms with van der Waals surface area (Å²) in [6, 6.07) is 5.47. The smallest absolute Gasteiger partial charge is 0.141 e. The molecule has 3 heteroatoms. The number of thiophene rings is 1. The zero-order valence-electron chi connectivity index (χ0n) is 9.47. The van der Waals surface area contributed by atoms with Crippen LogP contribution in [0.1, 0.15) is 35.8 Å². The highest BCUT2D eigenvalue weighted by Crippen LogP contribution is 2.37. The molecule has 1 aromatic carbocycles. The van der Waals surface area contributed by atoms with Crippen molar-refractivity contribution in [1.82, 2.24) is 0 Å². The zero-order chi connectivity index (χ0) is 11.9. The van der Waals surface area contributed by atoms with E-state index in [9.17, 15) is 4.39 Å². The normalized spacial score (nSPS) is 11.0. The van der Waals surface area contributed by atoms with Crippen molar-refractivity contribution in [2.45, 2.75) is 26.7 Å². The Morgan fingerprint density at radius 2 is 2.06 bits per heavy atom. The Hall–Kier alpha value is -1.40. The molecule has 0 bridgehead atoms. The van der Waals surface area contributed by atoms with E-state index in [-0.39, 0.29) is 5.82 Å². The van der Waals surface area contributed by atoms with E-state index in [0.29, 0.717) is 16.2 Å². The average molecular weight is 233 g/mol. The minimum absolute atomic E-state index is 0.228. The quantitative estimate of drug-likeness (QED) is 0.718. The van der Waals surface area contributed by atoms with Crippen LogP contribution in [0.3, 0.4) is 0 Å². The summed E-state index contributed by atoms with van der Waals surface area (Å²) >= 11 is 1.36. The number of halogens is 1. The Bertz CT molecular complexity index is 590. The highest BCUT2D eigenvalue weighted by molar-refractivity contribution is 7.19. The number of benzene rings is 1. The van der Waals surface area contributed by atoms with Crippen molar-refractivity contribution in [1.29, 1.82) is 5.26 Å². The van der Waals surface area contributed by atoms with E-state index in [0.717, 1.165) is 15.8 Å². The summed E-state index contributed by atoms with van der Waals surface area (Å²) in [5, 5.41) is 9.94. The standard InChI is InChI=1S/C13H12FNS/c1-7(2)9-4-5-11(14)13-12(9)10(6-15)8(3)16-13/h4-5,7H,1-3H3. The number of rotatable bonds is 1. The number of aryl methyl sites for hydroxylation is 1. The average Bonchev–Trinajstić information content (AvgIpc) is 2.55. The summed E-state index contributed by atoms with van der Waals surface area (Å²) in [7, 11) is 0. The summed E-state index contributed by atoms with van der Waals surface area (Å²) in [6.45, 7) is 5.98. The predicted molar refractivity (Wildman–Crippen MR) is 65.3 cm³/mol. The van der Waals surface area contributed by atoms with Gasteiger partial charge in [-0.05, 0) is 24.5 Å². The molecule has 1 aromatic heterocycles. The monoisotopic (exact) mass is 233 g/mol. The second-order valence-corrected chi connectivity index (χ2v) is 5.37. The van der Waals surface area contributed by atoms with Crippen LogP contribution >= 0.6 is 11.3 Å². The van der Waals surface area contributed by atoms with E-state index in [4.69, 9.17) is 5.26 Å². The summed E-state index contributed by atoms with van der Waals surface area (Å²) in [6.07, 6.45) is 0. The summed E-state index contributed by atoms with van der Waals surface area (Å²) < 4.78 is 14.3. The number of hydrogen-bond donors (Lipinski definition) is 0. The molecule has 0 unspecified atom stereocenters. The number of nitrogens with zero attached hydrogens (tertiary/aromatic N) is 1. The predicted octanol–water partition coefficient (Wildman–Crippen LogP) is 4.34. The van der Waals surface area contributed by atoms with Crippen LogP contribution in [0.2, 0.25) is 0 Å². The molecular formula is C13H12FNS. The van der Waals surface area contributed by atoms with Gasteiger partial charge in [0.1, 0.15) is 11.9 Å². The van der Waals surface area contributed by atoms with Gasteiger partial charge in [0, 0.05) is 10.3 Å². The van der Waals surface area contributed by atoms with E-state index in [2.05, 4.69) is 19.9 Å². The van der Waals surface area contributed by atoms with E-state index < -0.39 is 0 Å². The van der Waals surface area contributed by atoms with E-state index in [1.165, 1.54) is 17.4 Å². The molecule has 0 spiro atoms. The van der Waals surface area contributed by atoms with Crippen molar-refractivity contribution in [3.05, 3.63) is 34.0 Å². The van der Waals surface area contributed by atoms with Gasteiger partial charge >= 0.3 is 0 Å². The molecular weight excluding hydrogens is 221 g/mol. The Balaban J connectivity index is 2.96. The lowest BCUT2D eigenvalue weighted by Crippen LogP contribution is -1.91. The van der Waals surface area contributed by atoms with Crippen LogP contribution in [0.4, 0.5) is 4.39 Å². The van der Waals surface area contributed by atoms with Crippen LogP contribution in [-0.4, -0.2) is 0 Å². The minimum atomic E-state index is -0.228. The number of hydrogen-bond acceptors (Lipinski definition) is 2. The summed E-state index contributed by atoms with van der Waals surface area (Å²) in [5.41, 5.74) is 1.68. The van der Waals surface area contributed by atoms with Crippen molar-refractivity contribution in [2.24, 2.45) is 0 Å². The molecule has 0 N–H and O–H groups in total. The maximum Gasteiger partial charge on any atom is 0.141 e. The third-order valence-corrected chi connectivity index (χ3v) is 3.85. The molecule has 0 saturated carbocycles. The first kappa shape index (κ1) is 11.1. The SMILES string of the molecule is Cc1sc2c(F)ccc(C(C)C)c2c1C#N. The van der Waals surface area contributed by atoms with Gasteiger partial charge in [0.15, 0.2) is 0 Å². The summed E-state index contributed by atoms with van der Waals surface area (Å²) in [5.74, 6) is 0.0678. The van der Waals surface area contributed by atoms with Crippen molar-refractivity contribution in [3.8, 4) is 6.07 Å². The van der Waals surface area contributed by atoms with Crippen molar-refractivity contribution in [2.75, 3.05) is 0 Å². The third-order valence-electron chi connectivity index (χ3n) is 2.73. The fourth-order valence-electron chi connectivity index (χ4n) is 1.93. The molecule has 0 aliphatic rings. The molecule has 0 fully saturated rings. The van der Waals surface area contributed by atoms with Crippen molar-refractivity contribution >= 4 is 21.4 Å². The van der Waals surface area contributed by atoms with Crippen molar-refractivity contribution in [3.63, 3.8) is 0 Å². The molecule has 82 valence electrons. The Kier molecular flexibility index (Phi) is 2.69. The van der Waals surface area contributed by atoms with Gasteiger partial charge in [-0.15, -0.1) is 11.3 Å². The van der Waals surface area contributed by atoms with Crippen LogP contribution in [0.25, 0.3) is 10.1 Å². The fraction of sp³-hybridized carbons (Fsp3) is 0.308. The first-order valence-corrected chi connectivity index (χ1v) is 5.99. The highest BCUT2D eigenvalue weighted by atomic mass is 32.1. The molecule has 16 heavy (non-hydrogen) atoms. The molecule has 2 rings (SSSR count). The molecule has 2 aromatic rings. The molecule has 0 saturated heterocycles. The van der Waals surface area contributed by atoms with Gasteiger partial charge in [-0.1, -0.05) is 19.9 Å². The Labute approximate surface area is 98.1 Å². The van der Waals surface area contributed by atoms with E-state index in [1.54, 1.807) is 6.07 Å². The van der Waals surface area contributed by atoms with Crippen LogP contribution in [-0.2, 0) is 0 Å². The second kappa shape index (κ2) is 3.88. The number of nitriles is 1. The molecule has 0 amide bonds. The lowest BCUT2D eigenvalue weighted by molar-refractivity contribution is 0.641. The second-order valence-electron chi connectivity index (χ2n) is 4.14. The first-order valence-electron chi connectivity index (χ1n) is 5.17. The molecule has 1 heterocycles.